The smallest absolute Gasteiger partial charge is 0.303 e. The highest BCUT2D eigenvalue weighted by Crippen LogP contribution is 2.15. The summed E-state index contributed by atoms with van der Waals surface area (Å²) >= 11 is 0. The lowest BCUT2D eigenvalue weighted by Crippen LogP contribution is -2.33. The summed E-state index contributed by atoms with van der Waals surface area (Å²) in [4.78, 5) is 10.7. The van der Waals surface area contributed by atoms with Crippen LogP contribution in [-0.4, -0.2) is 45.5 Å². The maximum absolute atomic E-state index is 11.7. The highest BCUT2D eigenvalue weighted by atomic mass is 32.2. The fourth-order valence-corrected chi connectivity index (χ4v) is 2.99. The molecule has 114 valence electrons. The van der Waals surface area contributed by atoms with Gasteiger partial charge in [0, 0.05) is 26.7 Å². The van der Waals surface area contributed by atoms with Gasteiger partial charge in [-0.25, -0.2) is 13.1 Å². The van der Waals surface area contributed by atoms with Gasteiger partial charge in [-0.15, -0.1) is 0 Å². The Morgan fingerprint density at radius 1 is 1.37 bits per heavy atom. The quantitative estimate of drug-likeness (QED) is 0.556. The Hall–Kier alpha value is -0.660. The van der Waals surface area contributed by atoms with Crippen molar-refractivity contribution in [2.45, 2.75) is 33.1 Å². The monoisotopic (exact) mass is 295 g/mol. The van der Waals surface area contributed by atoms with Crippen LogP contribution >= 0.6 is 0 Å². The fourth-order valence-electron chi connectivity index (χ4n) is 1.86. The van der Waals surface area contributed by atoms with Crippen LogP contribution in [0, 0.1) is 11.8 Å². The van der Waals surface area contributed by atoms with E-state index < -0.39 is 16.0 Å². The number of ether oxygens (including phenoxy) is 1. The zero-order chi connectivity index (χ0) is 14.9. The molecule has 0 aliphatic carbocycles. The van der Waals surface area contributed by atoms with Crippen LogP contribution < -0.4 is 4.72 Å². The first-order valence-corrected chi connectivity index (χ1v) is 8.10. The van der Waals surface area contributed by atoms with Gasteiger partial charge in [-0.1, -0.05) is 13.8 Å². The second kappa shape index (κ2) is 9.28. The van der Waals surface area contributed by atoms with Crippen molar-refractivity contribution >= 4 is 16.0 Å². The molecule has 0 aromatic heterocycles. The van der Waals surface area contributed by atoms with Gasteiger partial charge >= 0.3 is 5.97 Å². The predicted octanol–water partition coefficient (Wildman–Crippen LogP) is 1.08. The van der Waals surface area contributed by atoms with Gasteiger partial charge in [0.1, 0.15) is 0 Å². The largest absolute Gasteiger partial charge is 0.481 e. The number of sulfonamides is 1. The van der Waals surface area contributed by atoms with Crippen LogP contribution in [-0.2, 0) is 19.6 Å². The van der Waals surface area contributed by atoms with Gasteiger partial charge in [-0.2, -0.15) is 0 Å². The molecule has 7 heteroatoms. The summed E-state index contributed by atoms with van der Waals surface area (Å²) < 4.78 is 30.6. The lowest BCUT2D eigenvalue weighted by molar-refractivity contribution is -0.138. The van der Waals surface area contributed by atoms with E-state index in [4.69, 9.17) is 9.84 Å². The third kappa shape index (κ3) is 10.9. The molecule has 1 unspecified atom stereocenters. The van der Waals surface area contributed by atoms with E-state index >= 15 is 0 Å². The third-order valence-electron chi connectivity index (χ3n) is 2.62. The second-order valence-electron chi connectivity index (χ2n) is 5.11. The zero-order valence-electron chi connectivity index (χ0n) is 11.9. The van der Waals surface area contributed by atoms with Crippen molar-refractivity contribution in [1.82, 2.24) is 4.72 Å². The minimum Gasteiger partial charge on any atom is -0.481 e. The van der Waals surface area contributed by atoms with Crippen molar-refractivity contribution in [2.24, 2.45) is 11.8 Å². The van der Waals surface area contributed by atoms with Gasteiger partial charge in [-0.05, 0) is 24.7 Å². The normalized spacial score (nSPS) is 13.7. The minimum absolute atomic E-state index is 0.00229. The van der Waals surface area contributed by atoms with Crippen molar-refractivity contribution < 1.29 is 23.1 Å². The molecule has 2 N–H and O–H groups in total. The topological polar surface area (TPSA) is 92.7 Å². The van der Waals surface area contributed by atoms with Gasteiger partial charge in [0.15, 0.2) is 0 Å². The van der Waals surface area contributed by atoms with Crippen LogP contribution in [0.5, 0.6) is 0 Å². The molecule has 0 aromatic rings. The standard InChI is InChI=1S/C12H25NO5S/c1-10(2)7-11(8-12(14)15)9-13-19(16,17)6-4-5-18-3/h10-11,13H,4-9H2,1-3H3,(H,14,15). The molecule has 0 amide bonds. The Balaban J connectivity index is 4.24. The molecule has 0 fully saturated rings. The Kier molecular flexibility index (Phi) is 8.95. The number of rotatable bonds is 11. The molecule has 0 rings (SSSR count). The number of nitrogens with one attached hydrogen (secondary N) is 1. The molecule has 0 saturated carbocycles. The van der Waals surface area contributed by atoms with Crippen molar-refractivity contribution in [3.05, 3.63) is 0 Å². The Morgan fingerprint density at radius 2 is 2.00 bits per heavy atom. The van der Waals surface area contributed by atoms with E-state index in [1.54, 1.807) is 0 Å². The van der Waals surface area contributed by atoms with Crippen molar-refractivity contribution in [3.63, 3.8) is 0 Å². The predicted molar refractivity (Wildman–Crippen MR) is 73.5 cm³/mol. The molecular weight excluding hydrogens is 270 g/mol. The summed E-state index contributed by atoms with van der Waals surface area (Å²) in [5.74, 6) is -0.733. The van der Waals surface area contributed by atoms with E-state index in [2.05, 4.69) is 4.72 Å². The summed E-state index contributed by atoms with van der Waals surface area (Å²) in [6, 6.07) is 0. The Bertz CT molecular complexity index is 353. The molecule has 0 aliphatic rings. The average Bonchev–Trinajstić information content (AvgIpc) is 2.25. The summed E-state index contributed by atoms with van der Waals surface area (Å²) in [5.41, 5.74) is 0. The van der Waals surface area contributed by atoms with Crippen molar-refractivity contribution in [1.29, 1.82) is 0 Å². The van der Waals surface area contributed by atoms with Crippen LogP contribution in [0.15, 0.2) is 0 Å². The first kappa shape index (κ1) is 18.3. The van der Waals surface area contributed by atoms with Crippen molar-refractivity contribution in [3.8, 4) is 0 Å². The molecule has 0 heterocycles. The van der Waals surface area contributed by atoms with Gasteiger partial charge in [0.25, 0.3) is 0 Å². The number of hydrogen-bond donors (Lipinski definition) is 2. The molecule has 0 aromatic carbocycles. The van der Waals surface area contributed by atoms with E-state index in [1.807, 2.05) is 13.8 Å². The molecule has 6 nitrogen and oxygen atoms in total. The molecule has 19 heavy (non-hydrogen) atoms. The second-order valence-corrected chi connectivity index (χ2v) is 7.03. The van der Waals surface area contributed by atoms with E-state index in [1.165, 1.54) is 7.11 Å². The molecule has 0 aliphatic heterocycles. The summed E-state index contributed by atoms with van der Waals surface area (Å²) in [7, 11) is -1.82. The van der Waals surface area contributed by atoms with Crippen LogP contribution in [0.4, 0.5) is 0 Å². The number of carboxylic acid groups (broad SMARTS) is 1. The van der Waals surface area contributed by atoms with Crippen LogP contribution in [0.25, 0.3) is 0 Å². The maximum Gasteiger partial charge on any atom is 0.303 e. The SMILES string of the molecule is COCCCS(=O)(=O)NCC(CC(=O)O)CC(C)C. The lowest BCUT2D eigenvalue weighted by atomic mass is 9.94. The molecule has 1 atom stereocenters. The molecule has 0 bridgehead atoms. The molecule has 0 radical (unpaired) electrons. The van der Waals surface area contributed by atoms with Gasteiger partial charge in [0.2, 0.25) is 10.0 Å². The van der Waals surface area contributed by atoms with Gasteiger partial charge < -0.3 is 9.84 Å². The highest BCUT2D eigenvalue weighted by molar-refractivity contribution is 7.89. The number of hydrogen-bond acceptors (Lipinski definition) is 4. The maximum atomic E-state index is 11.7. The first-order chi connectivity index (χ1) is 8.76. The van der Waals surface area contributed by atoms with Crippen LogP contribution in [0.3, 0.4) is 0 Å². The molecule has 0 spiro atoms. The number of aliphatic carboxylic acids is 1. The number of carboxylic acids is 1. The van der Waals surface area contributed by atoms with Crippen LogP contribution in [0.1, 0.15) is 33.1 Å². The third-order valence-corrected chi connectivity index (χ3v) is 4.05. The first-order valence-electron chi connectivity index (χ1n) is 6.45. The zero-order valence-corrected chi connectivity index (χ0v) is 12.7. The van der Waals surface area contributed by atoms with Gasteiger partial charge in [-0.3, -0.25) is 4.79 Å². The van der Waals surface area contributed by atoms with E-state index in [0.717, 1.165) is 0 Å². The highest BCUT2D eigenvalue weighted by Gasteiger charge is 2.18. The Morgan fingerprint density at radius 3 is 2.47 bits per heavy atom. The number of carbonyl (C=O) groups is 1. The Labute approximate surface area is 115 Å². The molecular formula is C12H25NO5S. The van der Waals surface area contributed by atoms with Crippen LogP contribution in [0.2, 0.25) is 0 Å². The molecule has 0 saturated heterocycles. The average molecular weight is 295 g/mol. The van der Waals surface area contributed by atoms with E-state index in [0.29, 0.717) is 25.4 Å². The summed E-state index contributed by atoms with van der Waals surface area (Å²) in [6.45, 7) is 4.55. The fraction of sp³-hybridized carbons (Fsp3) is 0.917. The lowest BCUT2D eigenvalue weighted by Gasteiger charge is -2.17. The van der Waals surface area contributed by atoms with E-state index in [9.17, 15) is 13.2 Å². The summed E-state index contributed by atoms with van der Waals surface area (Å²) in [6.07, 6.45) is 1.10. The minimum atomic E-state index is -3.34. The van der Waals surface area contributed by atoms with E-state index in [-0.39, 0.29) is 24.6 Å². The van der Waals surface area contributed by atoms with Crippen molar-refractivity contribution in [2.75, 3.05) is 26.0 Å². The van der Waals surface area contributed by atoms with Gasteiger partial charge in [0.05, 0.1) is 5.75 Å². The summed E-state index contributed by atoms with van der Waals surface area (Å²) in [5, 5.41) is 8.81. The number of methoxy groups -OCH3 is 1.